The number of hydrogen-bond donors (Lipinski definition) is 1. The first-order chi connectivity index (χ1) is 10.6. The average molecular weight is 295 g/mol. The van der Waals surface area contributed by atoms with Gasteiger partial charge in [-0.05, 0) is 30.9 Å². The van der Waals surface area contributed by atoms with Gasteiger partial charge < -0.3 is 5.32 Å². The number of allylic oxidation sites excluding steroid dienone is 2. The number of aryl methyl sites for hydroxylation is 1. The van der Waals surface area contributed by atoms with Gasteiger partial charge in [0.15, 0.2) is 5.78 Å². The predicted molar refractivity (Wildman–Crippen MR) is 81.2 cm³/mol. The zero-order valence-corrected chi connectivity index (χ0v) is 12.6. The van der Waals surface area contributed by atoms with Crippen LogP contribution in [-0.4, -0.2) is 25.5 Å². The molecule has 4 rings (SSSR count). The van der Waals surface area contributed by atoms with E-state index in [4.69, 9.17) is 0 Å². The molecule has 0 fully saturated rings. The Hall–Kier alpha value is -2.50. The summed E-state index contributed by atoms with van der Waals surface area (Å²) in [6.45, 7) is 3.96. The molecule has 2 aromatic heterocycles. The number of pyridine rings is 1. The van der Waals surface area contributed by atoms with Crippen molar-refractivity contribution >= 4 is 11.7 Å². The lowest BCUT2D eigenvalue weighted by Gasteiger charge is -2.33. The van der Waals surface area contributed by atoms with E-state index in [1.807, 2.05) is 19.1 Å². The van der Waals surface area contributed by atoms with Gasteiger partial charge in [0.2, 0.25) is 5.95 Å². The number of nitrogens with one attached hydrogen (secondary N) is 1. The van der Waals surface area contributed by atoms with Crippen LogP contribution in [-0.2, 0) is 4.79 Å². The Labute approximate surface area is 128 Å². The van der Waals surface area contributed by atoms with E-state index in [0.29, 0.717) is 24.1 Å². The second-order valence-corrected chi connectivity index (χ2v) is 6.07. The van der Waals surface area contributed by atoms with Gasteiger partial charge in [0.1, 0.15) is 11.9 Å². The van der Waals surface area contributed by atoms with Crippen molar-refractivity contribution in [3.63, 3.8) is 0 Å². The molecule has 112 valence electrons. The first kappa shape index (κ1) is 13.2. The van der Waals surface area contributed by atoms with E-state index in [-0.39, 0.29) is 11.8 Å². The minimum absolute atomic E-state index is 0.189. The molecule has 1 N–H and O–H groups in total. The standard InChI is InChI=1S/C16H17N5O/c1-9-6-12-14(13(22)7-9)15(11-4-3-5-17-8-11)21-16(19-12)18-10(2)20-21/h3-5,8-9,15H,6-7H2,1-2H3,(H,18,19,20)/t9-,15+/m1/s1. The summed E-state index contributed by atoms with van der Waals surface area (Å²) in [7, 11) is 0. The maximum atomic E-state index is 12.7. The van der Waals surface area contributed by atoms with Crippen LogP contribution in [0.5, 0.6) is 0 Å². The fourth-order valence-corrected chi connectivity index (χ4v) is 3.36. The third kappa shape index (κ3) is 1.94. The van der Waals surface area contributed by atoms with Crippen LogP contribution < -0.4 is 5.32 Å². The van der Waals surface area contributed by atoms with Crippen LogP contribution >= 0.6 is 0 Å². The van der Waals surface area contributed by atoms with Crippen LogP contribution in [0.25, 0.3) is 0 Å². The number of rotatable bonds is 1. The maximum absolute atomic E-state index is 12.7. The van der Waals surface area contributed by atoms with Gasteiger partial charge in [-0.1, -0.05) is 13.0 Å². The van der Waals surface area contributed by atoms with Crippen molar-refractivity contribution in [1.82, 2.24) is 19.7 Å². The molecule has 6 heteroatoms. The lowest BCUT2D eigenvalue weighted by Crippen LogP contribution is -2.33. The molecule has 1 aliphatic carbocycles. The summed E-state index contributed by atoms with van der Waals surface area (Å²) in [6.07, 6.45) is 4.98. The number of nitrogens with zero attached hydrogens (tertiary/aromatic N) is 4. The number of anilines is 1. The zero-order valence-electron chi connectivity index (χ0n) is 12.6. The molecule has 0 saturated heterocycles. The Bertz CT molecular complexity index is 777. The Morgan fingerprint density at radius 3 is 3.00 bits per heavy atom. The number of aromatic nitrogens is 4. The van der Waals surface area contributed by atoms with Crippen LogP contribution in [0.15, 0.2) is 35.8 Å². The molecule has 0 aromatic carbocycles. The molecule has 2 aliphatic rings. The Balaban J connectivity index is 1.92. The molecule has 2 aromatic rings. The Morgan fingerprint density at radius 2 is 2.23 bits per heavy atom. The lowest BCUT2D eigenvalue weighted by atomic mass is 9.81. The van der Waals surface area contributed by atoms with Crippen molar-refractivity contribution in [2.45, 2.75) is 32.7 Å². The molecule has 0 saturated carbocycles. The Morgan fingerprint density at radius 1 is 1.36 bits per heavy atom. The van der Waals surface area contributed by atoms with E-state index in [1.165, 1.54) is 0 Å². The van der Waals surface area contributed by atoms with Gasteiger partial charge in [-0.2, -0.15) is 10.1 Å². The summed E-state index contributed by atoms with van der Waals surface area (Å²) in [5.74, 6) is 1.93. The number of carbonyl (C=O) groups excluding carboxylic acids is 1. The Kier molecular flexibility index (Phi) is 2.85. The summed E-state index contributed by atoms with van der Waals surface area (Å²) in [4.78, 5) is 21.3. The second-order valence-electron chi connectivity index (χ2n) is 6.07. The second kappa shape index (κ2) is 4.76. The van der Waals surface area contributed by atoms with E-state index < -0.39 is 0 Å². The van der Waals surface area contributed by atoms with Gasteiger partial charge in [0, 0.05) is 30.1 Å². The third-order valence-corrected chi connectivity index (χ3v) is 4.23. The predicted octanol–water partition coefficient (Wildman–Crippen LogP) is 2.25. The monoisotopic (exact) mass is 295 g/mol. The fourth-order valence-electron chi connectivity index (χ4n) is 3.36. The van der Waals surface area contributed by atoms with Gasteiger partial charge in [0.05, 0.1) is 0 Å². The largest absolute Gasteiger partial charge is 0.328 e. The highest BCUT2D eigenvalue weighted by Gasteiger charge is 2.38. The summed E-state index contributed by atoms with van der Waals surface area (Å²) in [6, 6.07) is 3.64. The van der Waals surface area contributed by atoms with E-state index in [0.717, 1.165) is 23.3 Å². The van der Waals surface area contributed by atoms with Crippen LogP contribution in [0, 0.1) is 12.8 Å². The van der Waals surface area contributed by atoms with Crippen molar-refractivity contribution in [3.05, 3.63) is 47.2 Å². The van der Waals surface area contributed by atoms with Gasteiger partial charge in [0.25, 0.3) is 0 Å². The molecule has 0 radical (unpaired) electrons. The lowest BCUT2D eigenvalue weighted by molar-refractivity contribution is -0.117. The highest BCUT2D eigenvalue weighted by atomic mass is 16.1. The van der Waals surface area contributed by atoms with Crippen LogP contribution in [0.3, 0.4) is 0 Å². The van der Waals surface area contributed by atoms with Gasteiger partial charge in [-0.15, -0.1) is 0 Å². The van der Waals surface area contributed by atoms with Gasteiger partial charge in [-0.3, -0.25) is 9.78 Å². The number of carbonyl (C=O) groups is 1. The molecule has 0 spiro atoms. The van der Waals surface area contributed by atoms with Crippen LogP contribution in [0.2, 0.25) is 0 Å². The summed E-state index contributed by atoms with van der Waals surface area (Å²) in [5, 5.41) is 7.79. The molecule has 6 nitrogen and oxygen atoms in total. The molecule has 2 atom stereocenters. The normalized spacial score (nSPS) is 23.8. The van der Waals surface area contributed by atoms with E-state index in [9.17, 15) is 4.79 Å². The first-order valence-electron chi connectivity index (χ1n) is 7.50. The van der Waals surface area contributed by atoms with E-state index in [2.05, 4.69) is 27.3 Å². The summed E-state index contributed by atoms with van der Waals surface area (Å²) >= 11 is 0. The van der Waals surface area contributed by atoms with Crippen LogP contribution in [0.4, 0.5) is 5.95 Å². The highest BCUT2D eigenvalue weighted by molar-refractivity contribution is 5.99. The number of Topliss-reactive ketones (excluding diaryl/α,β-unsaturated/α-hetero) is 1. The van der Waals surface area contributed by atoms with Crippen molar-refractivity contribution < 1.29 is 4.79 Å². The average Bonchev–Trinajstić information content (AvgIpc) is 2.85. The third-order valence-electron chi connectivity index (χ3n) is 4.23. The highest BCUT2D eigenvalue weighted by Crippen LogP contribution is 2.40. The SMILES string of the molecule is Cc1nc2n(n1)[C@@H](c1cccnc1)C1=C(C[C@@H](C)CC1=O)N2. The zero-order chi connectivity index (χ0) is 15.3. The number of fused-ring (bicyclic) bond motifs is 1. The topological polar surface area (TPSA) is 72.7 Å². The minimum atomic E-state index is -0.235. The van der Waals surface area contributed by atoms with Crippen molar-refractivity contribution in [2.24, 2.45) is 5.92 Å². The van der Waals surface area contributed by atoms with Crippen molar-refractivity contribution in [1.29, 1.82) is 0 Å². The first-order valence-corrected chi connectivity index (χ1v) is 7.50. The molecular formula is C16H17N5O. The van der Waals surface area contributed by atoms with Gasteiger partial charge in [-0.25, -0.2) is 4.68 Å². The minimum Gasteiger partial charge on any atom is -0.328 e. The van der Waals surface area contributed by atoms with E-state index >= 15 is 0 Å². The molecule has 22 heavy (non-hydrogen) atoms. The van der Waals surface area contributed by atoms with Crippen molar-refractivity contribution in [2.75, 3.05) is 5.32 Å². The van der Waals surface area contributed by atoms with Crippen molar-refractivity contribution in [3.8, 4) is 0 Å². The quantitative estimate of drug-likeness (QED) is 0.873. The molecular weight excluding hydrogens is 278 g/mol. The molecule has 0 bridgehead atoms. The van der Waals surface area contributed by atoms with E-state index in [1.54, 1.807) is 17.1 Å². The molecule has 1 aliphatic heterocycles. The fraction of sp³-hybridized carbons (Fsp3) is 0.375. The molecule has 0 amide bonds. The summed E-state index contributed by atoms with van der Waals surface area (Å²) < 4.78 is 1.80. The molecule has 0 unspecified atom stereocenters. The number of hydrogen-bond acceptors (Lipinski definition) is 5. The molecule has 3 heterocycles. The smallest absolute Gasteiger partial charge is 0.226 e. The van der Waals surface area contributed by atoms with Crippen LogP contribution in [0.1, 0.15) is 37.2 Å². The summed E-state index contributed by atoms with van der Waals surface area (Å²) in [5.41, 5.74) is 2.76. The van der Waals surface area contributed by atoms with Gasteiger partial charge >= 0.3 is 0 Å². The number of ketones is 1. The maximum Gasteiger partial charge on any atom is 0.226 e.